The fourth-order valence-corrected chi connectivity index (χ4v) is 3.06. The van der Waals surface area contributed by atoms with Gasteiger partial charge in [-0.3, -0.25) is 14.5 Å². The van der Waals surface area contributed by atoms with Crippen LogP contribution in [0.15, 0.2) is 18.2 Å². The van der Waals surface area contributed by atoms with Crippen LogP contribution < -0.4 is 5.32 Å². The average molecular weight is 304 g/mol. The summed E-state index contributed by atoms with van der Waals surface area (Å²) in [5.41, 5.74) is 3.12. The second-order valence-corrected chi connectivity index (χ2v) is 5.67. The summed E-state index contributed by atoms with van der Waals surface area (Å²) in [5, 5.41) is 12.2. The third kappa shape index (κ3) is 3.65. The normalized spacial score (nSPS) is 18.4. The van der Waals surface area contributed by atoms with Crippen LogP contribution >= 0.6 is 0 Å². The number of para-hydroxylation sites is 1. The molecular weight excluding hydrogens is 280 g/mol. The molecule has 1 aromatic carbocycles. The first kappa shape index (κ1) is 16.5. The van der Waals surface area contributed by atoms with Gasteiger partial charge in [-0.2, -0.15) is 0 Å². The minimum Gasteiger partial charge on any atom is -0.480 e. The lowest BCUT2D eigenvalue weighted by atomic mass is 10.0. The van der Waals surface area contributed by atoms with Crippen molar-refractivity contribution in [2.45, 2.75) is 45.6 Å². The van der Waals surface area contributed by atoms with Crippen molar-refractivity contribution in [3.05, 3.63) is 29.3 Å². The first-order valence-electron chi connectivity index (χ1n) is 7.94. The molecule has 1 aromatic rings. The zero-order chi connectivity index (χ0) is 16.1. The van der Waals surface area contributed by atoms with E-state index in [4.69, 9.17) is 0 Å². The fraction of sp³-hybridized carbons (Fsp3) is 0.529. The monoisotopic (exact) mass is 304 g/mol. The molecule has 0 aliphatic carbocycles. The lowest BCUT2D eigenvalue weighted by molar-refractivity contribution is -0.142. The SMILES string of the molecule is CCc1cccc(CC)c1NC(=O)CN1CCCC1C(=O)O. The number of anilines is 1. The quantitative estimate of drug-likeness (QED) is 0.846. The molecule has 1 saturated heterocycles. The van der Waals surface area contributed by atoms with Crippen molar-refractivity contribution < 1.29 is 14.7 Å². The molecule has 0 saturated carbocycles. The second kappa shape index (κ2) is 7.40. The number of nitrogens with zero attached hydrogens (tertiary/aromatic N) is 1. The van der Waals surface area contributed by atoms with Crippen LogP contribution in [-0.4, -0.2) is 41.0 Å². The molecule has 1 heterocycles. The summed E-state index contributed by atoms with van der Waals surface area (Å²) in [4.78, 5) is 25.3. The molecular formula is C17H24N2O3. The molecule has 1 aliphatic heterocycles. The van der Waals surface area contributed by atoms with Crippen LogP contribution in [0.3, 0.4) is 0 Å². The van der Waals surface area contributed by atoms with Crippen molar-refractivity contribution >= 4 is 17.6 Å². The van der Waals surface area contributed by atoms with Gasteiger partial charge in [0.25, 0.3) is 0 Å². The van der Waals surface area contributed by atoms with Gasteiger partial charge in [0.2, 0.25) is 5.91 Å². The van der Waals surface area contributed by atoms with Gasteiger partial charge < -0.3 is 10.4 Å². The molecule has 0 aromatic heterocycles. The standard InChI is InChI=1S/C17H24N2O3/c1-3-12-7-5-8-13(4-2)16(12)18-15(20)11-19-10-6-9-14(19)17(21)22/h5,7-8,14H,3-4,6,9-11H2,1-2H3,(H,18,20)(H,21,22). The van der Waals surface area contributed by atoms with E-state index < -0.39 is 12.0 Å². The Kier molecular flexibility index (Phi) is 5.55. The van der Waals surface area contributed by atoms with Gasteiger partial charge in [-0.25, -0.2) is 0 Å². The molecule has 1 unspecified atom stereocenters. The van der Waals surface area contributed by atoms with E-state index in [1.54, 1.807) is 4.90 Å². The van der Waals surface area contributed by atoms with E-state index in [1.807, 2.05) is 18.2 Å². The van der Waals surface area contributed by atoms with Crippen LogP contribution in [0.4, 0.5) is 5.69 Å². The molecule has 1 atom stereocenters. The maximum atomic E-state index is 12.3. The van der Waals surface area contributed by atoms with Crippen LogP contribution in [-0.2, 0) is 22.4 Å². The number of likely N-dealkylation sites (tertiary alicyclic amines) is 1. The van der Waals surface area contributed by atoms with Crippen molar-refractivity contribution in [1.29, 1.82) is 0 Å². The minimum atomic E-state index is -0.839. The first-order valence-corrected chi connectivity index (χ1v) is 7.94. The number of aliphatic carboxylic acids is 1. The number of hydrogen-bond acceptors (Lipinski definition) is 3. The van der Waals surface area contributed by atoms with E-state index in [1.165, 1.54) is 0 Å². The average Bonchev–Trinajstić information content (AvgIpc) is 2.95. The second-order valence-electron chi connectivity index (χ2n) is 5.67. The van der Waals surface area contributed by atoms with Crippen LogP contribution in [0.1, 0.15) is 37.8 Å². The summed E-state index contributed by atoms with van der Waals surface area (Å²) in [6, 6.07) is 5.52. The number of rotatable bonds is 6. The Morgan fingerprint density at radius 2 is 1.91 bits per heavy atom. The number of aryl methyl sites for hydroxylation is 2. The minimum absolute atomic E-state index is 0.135. The molecule has 0 spiro atoms. The largest absolute Gasteiger partial charge is 0.480 e. The molecule has 5 heteroatoms. The van der Waals surface area contributed by atoms with Crippen molar-refractivity contribution in [2.75, 3.05) is 18.4 Å². The zero-order valence-corrected chi connectivity index (χ0v) is 13.3. The number of carbonyl (C=O) groups is 2. The van der Waals surface area contributed by atoms with Crippen LogP contribution in [0.5, 0.6) is 0 Å². The molecule has 120 valence electrons. The first-order chi connectivity index (χ1) is 10.6. The summed E-state index contributed by atoms with van der Waals surface area (Å²) in [6.45, 7) is 4.93. The van der Waals surface area contributed by atoms with Crippen molar-refractivity contribution in [2.24, 2.45) is 0 Å². The van der Waals surface area contributed by atoms with Crippen molar-refractivity contribution in [1.82, 2.24) is 4.90 Å². The van der Waals surface area contributed by atoms with E-state index in [9.17, 15) is 14.7 Å². The van der Waals surface area contributed by atoms with Crippen LogP contribution in [0, 0.1) is 0 Å². The highest BCUT2D eigenvalue weighted by molar-refractivity contribution is 5.94. The predicted octanol–water partition coefficient (Wildman–Crippen LogP) is 2.30. The number of benzene rings is 1. The number of carboxylic acids is 1. The van der Waals surface area contributed by atoms with E-state index in [-0.39, 0.29) is 12.5 Å². The summed E-state index contributed by atoms with van der Waals surface area (Å²) in [7, 11) is 0. The number of nitrogens with one attached hydrogen (secondary N) is 1. The molecule has 0 radical (unpaired) electrons. The Bertz CT molecular complexity index is 535. The number of amides is 1. The van der Waals surface area contributed by atoms with E-state index in [0.717, 1.165) is 36.1 Å². The Labute approximate surface area is 131 Å². The van der Waals surface area contributed by atoms with E-state index >= 15 is 0 Å². The number of carbonyl (C=O) groups excluding carboxylic acids is 1. The van der Waals surface area contributed by atoms with Gasteiger partial charge in [-0.1, -0.05) is 32.0 Å². The third-order valence-electron chi connectivity index (χ3n) is 4.26. The lowest BCUT2D eigenvalue weighted by Gasteiger charge is -2.21. The van der Waals surface area contributed by atoms with Crippen molar-refractivity contribution in [3.63, 3.8) is 0 Å². The van der Waals surface area contributed by atoms with Gasteiger partial charge in [0.1, 0.15) is 6.04 Å². The maximum absolute atomic E-state index is 12.3. The van der Waals surface area contributed by atoms with Gasteiger partial charge in [0, 0.05) is 5.69 Å². The molecule has 2 rings (SSSR count). The van der Waals surface area contributed by atoms with Crippen LogP contribution in [0.25, 0.3) is 0 Å². The van der Waals surface area contributed by atoms with Gasteiger partial charge in [-0.15, -0.1) is 0 Å². The topological polar surface area (TPSA) is 69.6 Å². The molecule has 1 fully saturated rings. The third-order valence-corrected chi connectivity index (χ3v) is 4.26. The fourth-order valence-electron chi connectivity index (χ4n) is 3.06. The van der Waals surface area contributed by atoms with Crippen LogP contribution in [0.2, 0.25) is 0 Å². The molecule has 2 N–H and O–H groups in total. The summed E-state index contributed by atoms with van der Waals surface area (Å²) < 4.78 is 0. The molecule has 0 bridgehead atoms. The summed E-state index contributed by atoms with van der Waals surface area (Å²) in [6.07, 6.45) is 3.15. The van der Waals surface area contributed by atoms with Gasteiger partial charge in [-0.05, 0) is 43.4 Å². The highest BCUT2D eigenvalue weighted by Crippen LogP contribution is 2.23. The highest BCUT2D eigenvalue weighted by Gasteiger charge is 2.31. The predicted molar refractivity (Wildman–Crippen MR) is 86.1 cm³/mol. The maximum Gasteiger partial charge on any atom is 0.320 e. The summed E-state index contributed by atoms with van der Waals surface area (Å²) in [5.74, 6) is -0.975. The molecule has 5 nitrogen and oxygen atoms in total. The zero-order valence-electron chi connectivity index (χ0n) is 13.3. The molecule has 1 aliphatic rings. The lowest BCUT2D eigenvalue weighted by Crippen LogP contribution is -2.41. The van der Waals surface area contributed by atoms with Crippen molar-refractivity contribution in [3.8, 4) is 0 Å². The van der Waals surface area contributed by atoms with E-state index in [0.29, 0.717) is 13.0 Å². The van der Waals surface area contributed by atoms with E-state index in [2.05, 4.69) is 19.2 Å². The highest BCUT2D eigenvalue weighted by atomic mass is 16.4. The molecule has 1 amide bonds. The smallest absolute Gasteiger partial charge is 0.320 e. The Morgan fingerprint density at radius 1 is 1.27 bits per heavy atom. The Morgan fingerprint density at radius 3 is 2.45 bits per heavy atom. The Hall–Kier alpha value is -1.88. The Balaban J connectivity index is 2.08. The van der Waals surface area contributed by atoms with Gasteiger partial charge in [0.15, 0.2) is 0 Å². The molecule has 22 heavy (non-hydrogen) atoms. The number of carboxylic acid groups (broad SMARTS) is 1. The summed E-state index contributed by atoms with van der Waals surface area (Å²) >= 11 is 0. The van der Waals surface area contributed by atoms with Gasteiger partial charge in [0.05, 0.1) is 6.54 Å². The number of hydrogen-bond donors (Lipinski definition) is 2. The van der Waals surface area contributed by atoms with Gasteiger partial charge >= 0.3 is 5.97 Å².